The van der Waals surface area contributed by atoms with E-state index in [1.807, 2.05) is 6.92 Å². The monoisotopic (exact) mass is 402 g/mol. The van der Waals surface area contributed by atoms with Crippen molar-refractivity contribution in [3.63, 3.8) is 0 Å². The molecule has 0 radical (unpaired) electrons. The first kappa shape index (κ1) is 22.1. The molecule has 156 valence electrons. The van der Waals surface area contributed by atoms with Gasteiger partial charge in [-0.25, -0.2) is 9.59 Å². The number of methoxy groups -OCH3 is 2. The molecular weight excluding hydrogens is 376 g/mol. The van der Waals surface area contributed by atoms with Crippen LogP contribution in [0.5, 0.6) is 23.0 Å². The summed E-state index contributed by atoms with van der Waals surface area (Å²) in [7, 11) is 3.00. The molecule has 0 unspecified atom stereocenters. The standard InChI is InChI=1S/C22H26O7/c1-7-8-28-21(24)18-12(2)9-15(11-16(18)23)29-22(25)19-13(3)10-17(26-5)14(4)20(19)27-6/h9-11,23H,7-8H2,1-6H3. The van der Waals surface area contributed by atoms with E-state index < -0.39 is 11.9 Å². The topological polar surface area (TPSA) is 91.3 Å². The number of carbonyl (C=O) groups is 2. The molecule has 0 saturated carbocycles. The van der Waals surface area contributed by atoms with E-state index in [4.69, 9.17) is 18.9 Å². The Labute approximate surface area is 170 Å². The normalized spacial score (nSPS) is 10.4. The van der Waals surface area contributed by atoms with Crippen LogP contribution in [0.4, 0.5) is 0 Å². The summed E-state index contributed by atoms with van der Waals surface area (Å²) in [5, 5.41) is 10.3. The van der Waals surface area contributed by atoms with Crippen LogP contribution in [-0.2, 0) is 4.74 Å². The number of ether oxygens (including phenoxy) is 4. The second-order valence-electron chi connectivity index (χ2n) is 6.59. The second-order valence-corrected chi connectivity index (χ2v) is 6.59. The van der Waals surface area contributed by atoms with Gasteiger partial charge in [0.25, 0.3) is 0 Å². The summed E-state index contributed by atoms with van der Waals surface area (Å²) < 4.78 is 21.2. The zero-order valence-electron chi connectivity index (χ0n) is 17.5. The highest BCUT2D eigenvalue weighted by Gasteiger charge is 2.24. The van der Waals surface area contributed by atoms with Gasteiger partial charge in [-0.15, -0.1) is 0 Å². The second kappa shape index (κ2) is 9.32. The third kappa shape index (κ3) is 4.62. The minimum Gasteiger partial charge on any atom is -0.507 e. The Morgan fingerprint density at radius 1 is 0.931 bits per heavy atom. The van der Waals surface area contributed by atoms with E-state index in [0.717, 1.165) is 0 Å². The van der Waals surface area contributed by atoms with Crippen molar-refractivity contribution in [2.24, 2.45) is 0 Å². The summed E-state index contributed by atoms with van der Waals surface area (Å²) in [6, 6.07) is 4.44. The van der Waals surface area contributed by atoms with Crippen LogP contribution in [0.25, 0.3) is 0 Å². The molecular formula is C22H26O7. The van der Waals surface area contributed by atoms with Gasteiger partial charge in [0.05, 0.1) is 20.8 Å². The molecule has 0 spiro atoms. The molecule has 1 N–H and O–H groups in total. The molecule has 0 saturated heterocycles. The summed E-state index contributed by atoms with van der Waals surface area (Å²) in [6.45, 7) is 7.28. The molecule has 0 heterocycles. The Morgan fingerprint density at radius 2 is 1.59 bits per heavy atom. The van der Waals surface area contributed by atoms with Gasteiger partial charge in [0, 0.05) is 11.6 Å². The molecule has 2 aromatic rings. The van der Waals surface area contributed by atoms with E-state index >= 15 is 0 Å². The summed E-state index contributed by atoms with van der Waals surface area (Å²) in [6.07, 6.45) is 0.670. The number of aromatic hydroxyl groups is 1. The number of benzene rings is 2. The molecule has 7 nitrogen and oxygen atoms in total. The van der Waals surface area contributed by atoms with Gasteiger partial charge in [-0.05, 0) is 50.5 Å². The van der Waals surface area contributed by atoms with Gasteiger partial charge in [0.1, 0.15) is 34.1 Å². The molecule has 0 fully saturated rings. The number of hydrogen-bond donors (Lipinski definition) is 1. The zero-order chi connectivity index (χ0) is 21.7. The molecule has 2 rings (SSSR count). The quantitative estimate of drug-likeness (QED) is 0.550. The lowest BCUT2D eigenvalue weighted by molar-refractivity contribution is 0.0501. The number of phenols is 1. The summed E-state index contributed by atoms with van der Waals surface area (Å²) in [5.41, 5.74) is 2.03. The Balaban J connectivity index is 2.37. The first-order valence-electron chi connectivity index (χ1n) is 9.20. The first-order valence-corrected chi connectivity index (χ1v) is 9.20. The highest BCUT2D eigenvalue weighted by atomic mass is 16.5. The predicted octanol–water partition coefficient (Wildman–Crippen LogP) is 4.12. The molecule has 0 bridgehead atoms. The lowest BCUT2D eigenvalue weighted by Crippen LogP contribution is -2.14. The number of hydrogen-bond acceptors (Lipinski definition) is 7. The average Bonchev–Trinajstić information content (AvgIpc) is 2.66. The van der Waals surface area contributed by atoms with Gasteiger partial charge in [-0.3, -0.25) is 0 Å². The molecule has 0 aliphatic rings. The maximum absolute atomic E-state index is 12.8. The first-order chi connectivity index (χ1) is 13.7. The van der Waals surface area contributed by atoms with Gasteiger partial charge in [-0.1, -0.05) is 6.92 Å². The van der Waals surface area contributed by atoms with Crippen LogP contribution >= 0.6 is 0 Å². The fraction of sp³-hybridized carbons (Fsp3) is 0.364. The number of aryl methyl sites for hydroxylation is 2. The van der Waals surface area contributed by atoms with Crippen molar-refractivity contribution >= 4 is 11.9 Å². The number of rotatable bonds is 7. The highest BCUT2D eigenvalue weighted by molar-refractivity contribution is 5.97. The van der Waals surface area contributed by atoms with Crippen LogP contribution < -0.4 is 14.2 Å². The van der Waals surface area contributed by atoms with E-state index in [9.17, 15) is 14.7 Å². The van der Waals surface area contributed by atoms with Crippen LogP contribution in [0.15, 0.2) is 18.2 Å². The van der Waals surface area contributed by atoms with E-state index in [0.29, 0.717) is 34.6 Å². The largest absolute Gasteiger partial charge is 0.507 e. The van der Waals surface area contributed by atoms with Crippen molar-refractivity contribution < 1.29 is 33.6 Å². The van der Waals surface area contributed by atoms with Gasteiger partial charge >= 0.3 is 11.9 Å². The minimum absolute atomic E-state index is 0.0484. The summed E-state index contributed by atoms with van der Waals surface area (Å²) in [4.78, 5) is 24.9. The number of carbonyl (C=O) groups excluding carboxylic acids is 2. The van der Waals surface area contributed by atoms with Crippen molar-refractivity contribution in [2.45, 2.75) is 34.1 Å². The molecule has 29 heavy (non-hydrogen) atoms. The van der Waals surface area contributed by atoms with Crippen molar-refractivity contribution in [3.8, 4) is 23.0 Å². The van der Waals surface area contributed by atoms with Gasteiger partial charge < -0.3 is 24.1 Å². The van der Waals surface area contributed by atoms with E-state index in [1.54, 1.807) is 26.8 Å². The lowest BCUT2D eigenvalue weighted by atomic mass is 10.0. The number of phenolic OH excluding ortho intramolecular Hbond substituents is 1. The third-order valence-corrected chi connectivity index (χ3v) is 4.45. The Kier molecular flexibility index (Phi) is 7.09. The fourth-order valence-electron chi connectivity index (χ4n) is 3.06. The molecule has 0 aliphatic heterocycles. The number of esters is 2. The van der Waals surface area contributed by atoms with Crippen molar-refractivity contribution in [1.29, 1.82) is 0 Å². The third-order valence-electron chi connectivity index (χ3n) is 4.45. The smallest absolute Gasteiger partial charge is 0.347 e. The predicted molar refractivity (Wildman–Crippen MR) is 107 cm³/mol. The maximum atomic E-state index is 12.8. The van der Waals surface area contributed by atoms with E-state index in [1.165, 1.54) is 26.4 Å². The molecule has 0 aliphatic carbocycles. The van der Waals surface area contributed by atoms with Crippen LogP contribution in [0.2, 0.25) is 0 Å². The lowest BCUT2D eigenvalue weighted by Gasteiger charge is -2.17. The highest BCUT2D eigenvalue weighted by Crippen LogP contribution is 2.35. The van der Waals surface area contributed by atoms with Crippen LogP contribution in [-0.4, -0.2) is 37.9 Å². The van der Waals surface area contributed by atoms with Gasteiger partial charge in [0.15, 0.2) is 0 Å². The van der Waals surface area contributed by atoms with E-state index in [-0.39, 0.29) is 29.2 Å². The van der Waals surface area contributed by atoms with Gasteiger partial charge in [-0.2, -0.15) is 0 Å². The molecule has 0 atom stereocenters. The van der Waals surface area contributed by atoms with Crippen LogP contribution in [0, 0.1) is 20.8 Å². The van der Waals surface area contributed by atoms with Crippen molar-refractivity contribution in [1.82, 2.24) is 0 Å². The molecule has 7 heteroatoms. The molecule has 2 aromatic carbocycles. The van der Waals surface area contributed by atoms with Gasteiger partial charge in [0.2, 0.25) is 0 Å². The summed E-state index contributed by atoms with van der Waals surface area (Å²) in [5.74, 6) is -0.532. The zero-order valence-corrected chi connectivity index (χ0v) is 17.5. The van der Waals surface area contributed by atoms with Crippen molar-refractivity contribution in [3.05, 3.63) is 46.0 Å². The van der Waals surface area contributed by atoms with E-state index in [2.05, 4.69) is 0 Å². The fourth-order valence-corrected chi connectivity index (χ4v) is 3.06. The Bertz CT molecular complexity index is 908. The SMILES string of the molecule is CCCOC(=O)c1c(C)cc(OC(=O)c2c(C)cc(OC)c(C)c2OC)cc1O. The average molecular weight is 402 g/mol. The molecule has 0 amide bonds. The Morgan fingerprint density at radius 3 is 2.14 bits per heavy atom. The van der Waals surface area contributed by atoms with Crippen LogP contribution in [0.1, 0.15) is 50.8 Å². The summed E-state index contributed by atoms with van der Waals surface area (Å²) >= 11 is 0. The Hall–Kier alpha value is -3.22. The molecule has 0 aromatic heterocycles. The minimum atomic E-state index is -0.648. The van der Waals surface area contributed by atoms with Crippen molar-refractivity contribution in [2.75, 3.05) is 20.8 Å². The maximum Gasteiger partial charge on any atom is 0.347 e. The van der Waals surface area contributed by atoms with Crippen LogP contribution in [0.3, 0.4) is 0 Å².